The highest BCUT2D eigenvalue weighted by Gasteiger charge is 2.14. The van der Waals surface area contributed by atoms with E-state index in [9.17, 15) is 13.2 Å². The Hall–Kier alpha value is -0.760. The molecule has 15 heavy (non-hydrogen) atoms. The van der Waals surface area contributed by atoms with E-state index in [0.717, 1.165) is 6.07 Å². The lowest BCUT2D eigenvalue weighted by Crippen LogP contribution is -2.04. The first-order chi connectivity index (χ1) is 7.02. The van der Waals surface area contributed by atoms with Crippen molar-refractivity contribution in [1.29, 1.82) is 0 Å². The minimum atomic E-state index is -1.74. The lowest BCUT2D eigenvalue weighted by atomic mass is 10.2. The Kier molecular flexibility index (Phi) is 6.34. The lowest BCUT2D eigenvalue weighted by Gasteiger charge is -2.10. The maximum Gasteiger partial charge on any atom is 0.249 e. The van der Waals surface area contributed by atoms with Gasteiger partial charge in [-0.15, -0.1) is 0 Å². The molecule has 1 aromatic carbocycles. The van der Waals surface area contributed by atoms with Gasteiger partial charge in [-0.25, -0.2) is 4.39 Å². The van der Waals surface area contributed by atoms with Crippen molar-refractivity contribution in [3.8, 4) is 5.75 Å². The third kappa shape index (κ3) is 4.08. The number of aryl methyl sites for hydroxylation is 1. The second-order valence-corrected chi connectivity index (χ2v) is 3.00. The molecule has 2 unspecified atom stereocenters. The minimum Gasteiger partial charge on any atom is -0.454 e. The Morgan fingerprint density at radius 2 is 1.80 bits per heavy atom. The van der Waals surface area contributed by atoms with Gasteiger partial charge in [-0.05, 0) is 18.6 Å². The second kappa shape index (κ2) is 6.67. The fourth-order valence-electron chi connectivity index (χ4n) is 0.886. The lowest BCUT2D eigenvalue weighted by molar-refractivity contribution is 0.144. The van der Waals surface area contributed by atoms with Crippen molar-refractivity contribution in [3.63, 3.8) is 0 Å². The van der Waals surface area contributed by atoms with E-state index < -0.39 is 17.7 Å². The molecule has 0 fully saturated rings. The van der Waals surface area contributed by atoms with Gasteiger partial charge in [-0.1, -0.05) is 29.2 Å². The van der Waals surface area contributed by atoms with Crippen molar-refractivity contribution in [1.82, 2.24) is 0 Å². The third-order valence-corrected chi connectivity index (χ3v) is 1.61. The zero-order chi connectivity index (χ0) is 12.0. The fraction of sp³-hybridized carbons (Fsp3) is 0.400. The molecule has 0 saturated heterocycles. The topological polar surface area (TPSA) is 9.23 Å². The van der Waals surface area contributed by atoms with E-state index in [0.29, 0.717) is 5.56 Å². The SMILES string of the molecule is CC.Cc1ccc(F)c(F)c1OC(F)P. The summed E-state index contributed by atoms with van der Waals surface area (Å²) in [6, 6.07) is 2.29. The van der Waals surface area contributed by atoms with Crippen molar-refractivity contribution in [2.45, 2.75) is 26.9 Å². The van der Waals surface area contributed by atoms with Gasteiger partial charge in [0.05, 0.1) is 0 Å². The summed E-state index contributed by atoms with van der Waals surface area (Å²) in [5, 5.41) is 0. The van der Waals surface area contributed by atoms with Gasteiger partial charge in [0.1, 0.15) is 0 Å². The largest absolute Gasteiger partial charge is 0.454 e. The van der Waals surface area contributed by atoms with E-state index in [1.165, 1.54) is 13.0 Å². The first-order valence-electron chi connectivity index (χ1n) is 4.53. The summed E-state index contributed by atoms with van der Waals surface area (Å²) in [6.45, 7) is 5.50. The molecule has 1 nitrogen and oxygen atoms in total. The van der Waals surface area contributed by atoms with E-state index in [2.05, 4.69) is 4.74 Å². The standard InChI is InChI=1S/C8H8F3OP.C2H6/c1-4-2-3-5(9)6(10)7(4)12-8(11)13;1-2/h2-3,8H,13H2,1H3;1-2H3. The molecular weight excluding hydrogens is 224 g/mol. The van der Waals surface area contributed by atoms with Gasteiger partial charge in [-0.2, -0.15) is 8.78 Å². The summed E-state index contributed by atoms with van der Waals surface area (Å²) < 4.78 is 42.3. The normalized spacial score (nSPS) is 11.4. The van der Waals surface area contributed by atoms with Gasteiger partial charge < -0.3 is 4.74 Å². The molecule has 0 aliphatic heterocycles. The molecule has 1 aromatic rings. The summed E-state index contributed by atoms with van der Waals surface area (Å²) in [5.74, 6) is -2.60. The summed E-state index contributed by atoms with van der Waals surface area (Å²) in [7, 11) is 1.69. The molecule has 0 spiro atoms. The van der Waals surface area contributed by atoms with E-state index in [4.69, 9.17) is 0 Å². The Morgan fingerprint density at radius 1 is 1.27 bits per heavy atom. The molecule has 0 aromatic heterocycles. The van der Waals surface area contributed by atoms with E-state index in [1.807, 2.05) is 13.8 Å². The highest BCUT2D eigenvalue weighted by atomic mass is 31.0. The predicted molar refractivity (Wildman–Crippen MR) is 57.7 cm³/mol. The first kappa shape index (κ1) is 14.2. The molecule has 0 bridgehead atoms. The molecule has 5 heteroatoms. The van der Waals surface area contributed by atoms with E-state index in [1.54, 1.807) is 9.24 Å². The molecule has 0 saturated carbocycles. The average molecular weight is 238 g/mol. The molecule has 2 atom stereocenters. The zero-order valence-electron chi connectivity index (χ0n) is 8.85. The molecule has 0 aliphatic carbocycles. The van der Waals surface area contributed by atoms with Crippen molar-refractivity contribution >= 4 is 9.24 Å². The van der Waals surface area contributed by atoms with Crippen LogP contribution in [0, 0.1) is 18.6 Å². The highest BCUT2D eigenvalue weighted by molar-refractivity contribution is 7.16. The number of hydrogen-bond acceptors (Lipinski definition) is 1. The minimum absolute atomic E-state index is 0.351. The quantitative estimate of drug-likeness (QED) is 0.712. The van der Waals surface area contributed by atoms with Crippen LogP contribution in [-0.2, 0) is 0 Å². The Balaban J connectivity index is 0.000000921. The third-order valence-electron chi connectivity index (χ3n) is 1.48. The molecule has 0 radical (unpaired) electrons. The van der Waals surface area contributed by atoms with Gasteiger partial charge >= 0.3 is 0 Å². The van der Waals surface area contributed by atoms with Crippen LogP contribution in [0.4, 0.5) is 13.2 Å². The zero-order valence-corrected chi connectivity index (χ0v) is 10.0. The number of benzene rings is 1. The molecular formula is C10H14F3OP. The van der Waals surface area contributed by atoms with Gasteiger partial charge in [-0.3, -0.25) is 0 Å². The van der Waals surface area contributed by atoms with Crippen LogP contribution in [-0.4, -0.2) is 6.10 Å². The molecule has 1 rings (SSSR count). The number of alkyl halides is 1. The average Bonchev–Trinajstić information content (AvgIpc) is 2.21. The number of hydrogen-bond donors (Lipinski definition) is 0. The van der Waals surface area contributed by atoms with Gasteiger partial charge in [0, 0.05) is 0 Å². The van der Waals surface area contributed by atoms with Crippen LogP contribution >= 0.6 is 9.24 Å². The van der Waals surface area contributed by atoms with E-state index >= 15 is 0 Å². The van der Waals surface area contributed by atoms with Crippen molar-refractivity contribution in [2.24, 2.45) is 0 Å². The summed E-state index contributed by atoms with van der Waals surface area (Å²) in [5.41, 5.74) is 0.351. The molecule has 0 amide bonds. The fourth-order valence-corrected chi connectivity index (χ4v) is 1.02. The van der Waals surface area contributed by atoms with Crippen LogP contribution < -0.4 is 4.74 Å². The smallest absolute Gasteiger partial charge is 0.249 e. The number of halogens is 3. The molecule has 0 heterocycles. The first-order valence-corrected chi connectivity index (χ1v) is 5.20. The van der Waals surface area contributed by atoms with Crippen LogP contribution in [0.15, 0.2) is 12.1 Å². The molecule has 86 valence electrons. The van der Waals surface area contributed by atoms with Crippen molar-refractivity contribution in [2.75, 3.05) is 0 Å². The van der Waals surface area contributed by atoms with Crippen LogP contribution in [0.3, 0.4) is 0 Å². The predicted octanol–water partition coefficient (Wildman–Crippen LogP) is 3.81. The summed E-state index contributed by atoms with van der Waals surface area (Å²) >= 11 is 0. The van der Waals surface area contributed by atoms with Crippen LogP contribution in [0.2, 0.25) is 0 Å². The monoisotopic (exact) mass is 238 g/mol. The van der Waals surface area contributed by atoms with Gasteiger partial charge in [0.25, 0.3) is 0 Å². The Morgan fingerprint density at radius 3 is 2.27 bits per heavy atom. The van der Waals surface area contributed by atoms with Crippen LogP contribution in [0.25, 0.3) is 0 Å². The van der Waals surface area contributed by atoms with Crippen molar-refractivity contribution < 1.29 is 17.9 Å². The highest BCUT2D eigenvalue weighted by Crippen LogP contribution is 2.26. The molecule has 0 N–H and O–H groups in total. The van der Waals surface area contributed by atoms with Gasteiger partial charge in [0.2, 0.25) is 11.9 Å². The maximum absolute atomic E-state index is 12.9. The molecule has 0 aliphatic rings. The summed E-state index contributed by atoms with van der Waals surface area (Å²) in [6.07, 6.45) is -1.74. The van der Waals surface area contributed by atoms with Gasteiger partial charge in [0.15, 0.2) is 11.6 Å². The maximum atomic E-state index is 12.9. The van der Waals surface area contributed by atoms with E-state index in [-0.39, 0.29) is 5.75 Å². The number of ether oxygens (including phenoxy) is 1. The van der Waals surface area contributed by atoms with Crippen molar-refractivity contribution in [3.05, 3.63) is 29.3 Å². The van der Waals surface area contributed by atoms with Crippen LogP contribution in [0.1, 0.15) is 19.4 Å². The Bertz CT molecular complexity index is 316. The number of rotatable bonds is 2. The summed E-state index contributed by atoms with van der Waals surface area (Å²) in [4.78, 5) is 0. The second-order valence-electron chi connectivity index (χ2n) is 2.48. The Labute approximate surface area is 89.8 Å². The van der Waals surface area contributed by atoms with Crippen LogP contribution in [0.5, 0.6) is 5.75 Å².